The smallest absolute Gasteiger partial charge is 0.0727 e. The molecule has 0 aliphatic heterocycles. The lowest BCUT2D eigenvalue weighted by Crippen LogP contribution is -2.42. The van der Waals surface area contributed by atoms with Crippen molar-refractivity contribution in [2.24, 2.45) is 5.92 Å². The highest BCUT2D eigenvalue weighted by Crippen LogP contribution is 2.22. The first-order chi connectivity index (χ1) is 9.23. The van der Waals surface area contributed by atoms with Gasteiger partial charge in [-0.2, -0.15) is 0 Å². The van der Waals surface area contributed by atoms with Crippen molar-refractivity contribution in [3.63, 3.8) is 0 Å². The molecular formula is C17H37NO. The van der Waals surface area contributed by atoms with Crippen LogP contribution in [0.2, 0.25) is 0 Å². The second kappa shape index (κ2) is 12.9. The Labute approximate surface area is 121 Å². The van der Waals surface area contributed by atoms with Gasteiger partial charge in [0.15, 0.2) is 0 Å². The van der Waals surface area contributed by atoms with Crippen LogP contribution in [0.3, 0.4) is 0 Å². The summed E-state index contributed by atoms with van der Waals surface area (Å²) in [4.78, 5) is 0. The molecule has 19 heavy (non-hydrogen) atoms. The lowest BCUT2D eigenvalue weighted by molar-refractivity contribution is 0.0213. The molecule has 2 nitrogen and oxygen atoms in total. The summed E-state index contributed by atoms with van der Waals surface area (Å²) in [5, 5.41) is 3.67. The monoisotopic (exact) mass is 271 g/mol. The first kappa shape index (κ1) is 18.9. The van der Waals surface area contributed by atoms with Crippen molar-refractivity contribution in [3.8, 4) is 0 Å². The number of unbranched alkanes of at least 4 members (excludes halogenated alkanes) is 1. The van der Waals surface area contributed by atoms with Gasteiger partial charge in [0.05, 0.1) is 6.10 Å². The molecule has 0 fully saturated rings. The summed E-state index contributed by atoms with van der Waals surface area (Å²) >= 11 is 0. The largest absolute Gasteiger partial charge is 0.377 e. The number of hydrogen-bond acceptors (Lipinski definition) is 2. The van der Waals surface area contributed by atoms with E-state index in [-0.39, 0.29) is 0 Å². The van der Waals surface area contributed by atoms with Crippen LogP contribution in [0.5, 0.6) is 0 Å². The van der Waals surface area contributed by atoms with Gasteiger partial charge in [-0.15, -0.1) is 0 Å². The second-order valence-corrected chi connectivity index (χ2v) is 5.60. The van der Waals surface area contributed by atoms with Crippen molar-refractivity contribution >= 4 is 0 Å². The van der Waals surface area contributed by atoms with Gasteiger partial charge in [0.1, 0.15) is 0 Å². The van der Waals surface area contributed by atoms with Crippen LogP contribution in [0.15, 0.2) is 0 Å². The number of rotatable bonds is 13. The predicted molar refractivity (Wildman–Crippen MR) is 85.7 cm³/mol. The molecule has 3 unspecified atom stereocenters. The molecule has 0 aliphatic carbocycles. The fourth-order valence-corrected chi connectivity index (χ4v) is 2.87. The van der Waals surface area contributed by atoms with Crippen molar-refractivity contribution in [2.75, 3.05) is 13.2 Å². The van der Waals surface area contributed by atoms with Crippen LogP contribution in [-0.4, -0.2) is 25.3 Å². The molecule has 1 N–H and O–H groups in total. The highest BCUT2D eigenvalue weighted by molar-refractivity contribution is 4.79. The molecule has 116 valence electrons. The van der Waals surface area contributed by atoms with E-state index in [0.717, 1.165) is 19.1 Å². The highest BCUT2D eigenvalue weighted by atomic mass is 16.5. The summed E-state index contributed by atoms with van der Waals surface area (Å²) in [5.74, 6) is 0.851. The van der Waals surface area contributed by atoms with Crippen LogP contribution in [-0.2, 0) is 4.74 Å². The number of ether oxygens (including phenoxy) is 1. The average molecular weight is 271 g/mol. The zero-order valence-corrected chi connectivity index (χ0v) is 14.0. The third-order valence-corrected chi connectivity index (χ3v) is 4.00. The molecule has 2 heteroatoms. The van der Waals surface area contributed by atoms with Crippen LogP contribution in [0, 0.1) is 5.92 Å². The van der Waals surface area contributed by atoms with E-state index in [1.807, 2.05) is 0 Å². The predicted octanol–water partition coefficient (Wildman–Crippen LogP) is 4.78. The van der Waals surface area contributed by atoms with E-state index >= 15 is 0 Å². The van der Waals surface area contributed by atoms with E-state index in [0.29, 0.717) is 12.1 Å². The van der Waals surface area contributed by atoms with Gasteiger partial charge < -0.3 is 10.1 Å². The normalized spacial score (nSPS) is 16.3. The van der Waals surface area contributed by atoms with Gasteiger partial charge in [-0.1, -0.05) is 59.8 Å². The zero-order chi connectivity index (χ0) is 14.5. The van der Waals surface area contributed by atoms with Gasteiger partial charge in [-0.3, -0.25) is 0 Å². The molecule has 0 heterocycles. The second-order valence-electron chi connectivity index (χ2n) is 5.60. The summed E-state index contributed by atoms with van der Waals surface area (Å²) in [7, 11) is 0. The van der Waals surface area contributed by atoms with E-state index in [4.69, 9.17) is 4.74 Å². The first-order valence-corrected chi connectivity index (χ1v) is 8.58. The van der Waals surface area contributed by atoms with Crippen molar-refractivity contribution in [2.45, 2.75) is 91.7 Å². The Kier molecular flexibility index (Phi) is 12.9. The Balaban J connectivity index is 4.46. The lowest BCUT2D eigenvalue weighted by Gasteiger charge is -2.30. The van der Waals surface area contributed by atoms with Crippen molar-refractivity contribution in [3.05, 3.63) is 0 Å². The summed E-state index contributed by atoms with van der Waals surface area (Å²) < 4.78 is 5.98. The fourth-order valence-electron chi connectivity index (χ4n) is 2.87. The van der Waals surface area contributed by atoms with E-state index in [2.05, 4.69) is 39.9 Å². The Morgan fingerprint density at radius 2 is 1.68 bits per heavy atom. The fraction of sp³-hybridized carbons (Fsp3) is 1.00. The van der Waals surface area contributed by atoms with E-state index in [9.17, 15) is 0 Å². The number of hydrogen-bond donors (Lipinski definition) is 1. The Morgan fingerprint density at radius 3 is 2.16 bits per heavy atom. The van der Waals surface area contributed by atoms with Crippen molar-refractivity contribution in [1.29, 1.82) is 0 Å². The van der Waals surface area contributed by atoms with Crippen molar-refractivity contribution < 1.29 is 4.74 Å². The molecule has 0 bridgehead atoms. The van der Waals surface area contributed by atoms with E-state index < -0.39 is 0 Å². The summed E-state index contributed by atoms with van der Waals surface area (Å²) in [6.07, 6.45) is 9.40. The zero-order valence-electron chi connectivity index (χ0n) is 14.0. The van der Waals surface area contributed by atoms with Crippen LogP contribution >= 0.6 is 0 Å². The molecule has 0 spiro atoms. The van der Waals surface area contributed by atoms with Gasteiger partial charge in [0, 0.05) is 12.6 Å². The maximum absolute atomic E-state index is 5.98. The molecule has 0 rings (SSSR count). The Bertz CT molecular complexity index is 178. The lowest BCUT2D eigenvalue weighted by atomic mass is 9.89. The maximum Gasteiger partial charge on any atom is 0.0727 e. The third kappa shape index (κ3) is 8.65. The van der Waals surface area contributed by atoms with Gasteiger partial charge in [0.2, 0.25) is 0 Å². The Hall–Kier alpha value is -0.0800. The number of likely N-dealkylation sites (N-methyl/N-ethyl adjacent to an activating group) is 1. The molecular weight excluding hydrogens is 234 g/mol. The van der Waals surface area contributed by atoms with E-state index in [1.165, 1.54) is 44.9 Å². The molecule has 0 saturated heterocycles. The van der Waals surface area contributed by atoms with Gasteiger partial charge in [0.25, 0.3) is 0 Å². The maximum atomic E-state index is 5.98. The molecule has 0 amide bonds. The minimum Gasteiger partial charge on any atom is -0.377 e. The van der Waals surface area contributed by atoms with Crippen LogP contribution in [0.1, 0.15) is 79.6 Å². The quantitative estimate of drug-likeness (QED) is 0.520. The van der Waals surface area contributed by atoms with E-state index in [1.54, 1.807) is 0 Å². The van der Waals surface area contributed by atoms with Crippen LogP contribution in [0.25, 0.3) is 0 Å². The van der Waals surface area contributed by atoms with Gasteiger partial charge in [-0.05, 0) is 32.2 Å². The van der Waals surface area contributed by atoms with Crippen molar-refractivity contribution in [1.82, 2.24) is 5.32 Å². The summed E-state index contributed by atoms with van der Waals surface area (Å²) in [6.45, 7) is 13.1. The molecule has 0 saturated carbocycles. The SMILES string of the molecule is CCCCC(CC)CC(NCC)C(CCC)OCC. The van der Waals surface area contributed by atoms with Crippen LogP contribution in [0.4, 0.5) is 0 Å². The first-order valence-electron chi connectivity index (χ1n) is 8.58. The van der Waals surface area contributed by atoms with Gasteiger partial charge in [-0.25, -0.2) is 0 Å². The number of nitrogens with one attached hydrogen (secondary N) is 1. The topological polar surface area (TPSA) is 21.3 Å². The summed E-state index contributed by atoms with van der Waals surface area (Å²) in [5.41, 5.74) is 0. The highest BCUT2D eigenvalue weighted by Gasteiger charge is 2.23. The van der Waals surface area contributed by atoms with Crippen LogP contribution < -0.4 is 5.32 Å². The standard InChI is InChI=1S/C17H37NO/c1-6-11-13-15(8-3)14-16(18-9-4)17(12-7-2)19-10-5/h15-18H,6-14H2,1-5H3. The minimum absolute atomic E-state index is 0.394. The molecule has 0 aromatic heterocycles. The Morgan fingerprint density at radius 1 is 0.947 bits per heavy atom. The molecule has 0 aromatic rings. The molecule has 0 aliphatic rings. The molecule has 0 radical (unpaired) electrons. The average Bonchev–Trinajstić information content (AvgIpc) is 2.42. The third-order valence-electron chi connectivity index (χ3n) is 4.00. The van der Waals surface area contributed by atoms with Gasteiger partial charge >= 0.3 is 0 Å². The molecule has 0 aromatic carbocycles. The minimum atomic E-state index is 0.394. The summed E-state index contributed by atoms with van der Waals surface area (Å²) in [6, 6.07) is 0.534. The molecule has 3 atom stereocenters.